The molecule has 2 aliphatic heterocycles. The molecular formula is C45H56N2O18. The summed E-state index contributed by atoms with van der Waals surface area (Å²) in [6, 6.07) is 3.70. The first kappa shape index (κ1) is 48.7. The number of pyridine rings is 2. The fourth-order valence-electron chi connectivity index (χ4n) is 9.94. The molecule has 4 heterocycles. The number of hydrogen-bond acceptors (Lipinski definition) is 19. The third kappa shape index (κ3) is 7.96. The molecule has 1 spiro atoms. The maximum atomic E-state index is 14.7. The van der Waals surface area contributed by atoms with Crippen LogP contribution >= 0.6 is 0 Å². The van der Waals surface area contributed by atoms with Gasteiger partial charge in [0.25, 0.3) is 0 Å². The van der Waals surface area contributed by atoms with Crippen molar-refractivity contribution in [2.45, 2.75) is 129 Å². The number of aliphatic hydroxyl groups excluding tert-OH is 1. The summed E-state index contributed by atoms with van der Waals surface area (Å²) in [7, 11) is 1.36. The lowest BCUT2D eigenvalue weighted by molar-refractivity contribution is -0.386. The van der Waals surface area contributed by atoms with Gasteiger partial charge in [-0.3, -0.25) is 33.8 Å². The molecule has 13 atom stereocenters. The molecule has 2 N–H and O–H groups in total. The first-order valence-corrected chi connectivity index (χ1v) is 21.3. The summed E-state index contributed by atoms with van der Waals surface area (Å²) < 4.78 is 50.8. The smallest absolute Gasteiger partial charge is 0.340 e. The molecule has 0 aromatic carbocycles. The number of ether oxygens (including phenoxy) is 8. The van der Waals surface area contributed by atoms with Crippen LogP contribution in [0.15, 0.2) is 41.6 Å². The molecule has 354 valence electrons. The normalized spacial score (nSPS) is 35.2. The van der Waals surface area contributed by atoms with Gasteiger partial charge < -0.3 is 52.7 Å². The standard InChI is InChI=1S/C45H56N2O18/c1-20(2)37(52)59-19-44-35(60-24(7)48)31(62-38(53)21(3)4)30-33(51)45(44)43(10,57)34(32(36(44)61-25(8)49)63-40(55)26-12-13-29(50)47(11)17-26)64-39(54)23(6)22(5)27-14-15-46-16-28(27)41(56)58-18-42(30,9)65-45/h12-17,20-23,30-36,51,57H,18-19H2,1-11H3/t22-,23+,30-,31-,32+,33-,34+,35-,36+,42+,43+,44-,45+/m1/s1. The van der Waals surface area contributed by atoms with Crippen LogP contribution in [0.3, 0.4) is 0 Å². The van der Waals surface area contributed by atoms with Crippen molar-refractivity contribution in [2.75, 3.05) is 13.2 Å². The average molecular weight is 913 g/mol. The maximum absolute atomic E-state index is 14.7. The zero-order valence-electron chi connectivity index (χ0n) is 38.0. The van der Waals surface area contributed by atoms with E-state index in [1.807, 2.05) is 0 Å². The van der Waals surface area contributed by atoms with E-state index in [1.165, 1.54) is 67.1 Å². The Morgan fingerprint density at radius 3 is 2.08 bits per heavy atom. The summed E-state index contributed by atoms with van der Waals surface area (Å²) in [5.41, 5.74) is -11.0. The minimum absolute atomic E-state index is 0.0540. The molecule has 0 amide bonds. The van der Waals surface area contributed by atoms with Gasteiger partial charge in [0.2, 0.25) is 5.56 Å². The Morgan fingerprint density at radius 2 is 1.49 bits per heavy atom. The predicted octanol–water partition coefficient (Wildman–Crippen LogP) is 1.73. The highest BCUT2D eigenvalue weighted by Crippen LogP contribution is 2.69. The lowest BCUT2D eigenvalue weighted by Gasteiger charge is -2.67. The van der Waals surface area contributed by atoms with Crippen LogP contribution in [0.1, 0.15) is 101 Å². The number of carbonyl (C=O) groups is 7. The molecule has 20 nitrogen and oxygen atoms in total. The highest BCUT2D eigenvalue weighted by Gasteiger charge is 2.91. The lowest BCUT2D eigenvalue weighted by Crippen LogP contribution is -2.89. The number of aryl methyl sites for hydroxylation is 1. The van der Waals surface area contributed by atoms with Gasteiger partial charge >= 0.3 is 41.8 Å². The number of nitrogens with zero attached hydrogens (tertiary/aromatic N) is 2. The molecule has 2 aromatic rings. The Hall–Kier alpha value is -5.73. The van der Waals surface area contributed by atoms with E-state index >= 15 is 0 Å². The molecule has 6 rings (SSSR count). The Bertz CT molecular complexity index is 2320. The number of aromatic nitrogens is 2. The van der Waals surface area contributed by atoms with E-state index in [0.29, 0.717) is 5.56 Å². The number of esters is 7. The lowest BCUT2D eigenvalue weighted by atomic mass is 9.45. The number of cyclic esters (lactones) is 1. The van der Waals surface area contributed by atoms with E-state index in [4.69, 9.17) is 37.9 Å². The highest BCUT2D eigenvalue weighted by molar-refractivity contribution is 5.91. The van der Waals surface area contributed by atoms with Crippen LogP contribution in [0, 0.1) is 29.1 Å². The molecule has 20 heteroatoms. The quantitative estimate of drug-likeness (QED) is 0.268. The van der Waals surface area contributed by atoms with Gasteiger partial charge in [0.15, 0.2) is 24.4 Å². The summed E-state index contributed by atoms with van der Waals surface area (Å²) in [6.45, 7) is 11.6. The third-order valence-electron chi connectivity index (χ3n) is 13.3. The Balaban J connectivity index is 1.77. The van der Waals surface area contributed by atoms with Crippen molar-refractivity contribution in [1.82, 2.24) is 9.55 Å². The van der Waals surface area contributed by atoms with Gasteiger partial charge in [0.05, 0.1) is 40.9 Å². The van der Waals surface area contributed by atoms with Crippen molar-refractivity contribution in [3.63, 3.8) is 0 Å². The minimum atomic E-state index is -2.90. The molecule has 1 saturated heterocycles. The predicted molar refractivity (Wildman–Crippen MR) is 219 cm³/mol. The largest absolute Gasteiger partial charge is 0.464 e. The number of hydrogen-bond donors (Lipinski definition) is 2. The van der Waals surface area contributed by atoms with Crippen LogP contribution in [-0.4, -0.2) is 128 Å². The molecular weight excluding hydrogens is 856 g/mol. The summed E-state index contributed by atoms with van der Waals surface area (Å²) in [4.78, 5) is 114. The van der Waals surface area contributed by atoms with E-state index in [9.17, 15) is 48.6 Å². The van der Waals surface area contributed by atoms with Gasteiger partial charge in [0, 0.05) is 45.6 Å². The summed E-state index contributed by atoms with van der Waals surface area (Å²) >= 11 is 0. The van der Waals surface area contributed by atoms with E-state index in [1.54, 1.807) is 6.92 Å². The van der Waals surface area contributed by atoms with Crippen LogP contribution in [0.25, 0.3) is 0 Å². The third-order valence-corrected chi connectivity index (χ3v) is 13.3. The summed E-state index contributed by atoms with van der Waals surface area (Å²) in [6.07, 6.45) is -8.93. The number of fused-ring (bicyclic) bond motifs is 5. The average Bonchev–Trinajstić information content (AvgIpc) is 3.43. The molecule has 2 saturated carbocycles. The zero-order chi connectivity index (χ0) is 48.3. The Morgan fingerprint density at radius 1 is 0.877 bits per heavy atom. The van der Waals surface area contributed by atoms with Crippen molar-refractivity contribution in [2.24, 2.45) is 36.1 Å². The van der Waals surface area contributed by atoms with Crippen LogP contribution < -0.4 is 5.56 Å². The Labute approximate surface area is 374 Å². The second-order valence-electron chi connectivity index (χ2n) is 18.4. The molecule has 4 bridgehead atoms. The fourth-order valence-corrected chi connectivity index (χ4v) is 9.94. The first-order chi connectivity index (χ1) is 30.3. The SMILES string of the molecule is CC(=O)O[C@@H]1[C@H](OC(=O)C(C)C)[C@@H]2[C@@H](O)[C@@]34O[C@@]2(C)COC(=O)c2cnccc2[C@H](C)[C@H](C)C(=O)O[C@@H]([C@H](OC(=O)c2ccc(=O)n(C)c2)[C@H](OC(C)=O)[C@@]13COC(=O)C(C)C)[C@]4(C)O. The van der Waals surface area contributed by atoms with Crippen LogP contribution in [-0.2, 0) is 68.9 Å². The van der Waals surface area contributed by atoms with E-state index < -0.39 is 149 Å². The topological polar surface area (TPSA) is 269 Å². The van der Waals surface area contributed by atoms with E-state index in [2.05, 4.69) is 4.98 Å². The van der Waals surface area contributed by atoms with Gasteiger partial charge in [-0.25, -0.2) is 9.59 Å². The molecule has 0 unspecified atom stereocenters. The zero-order valence-corrected chi connectivity index (χ0v) is 38.0. The highest BCUT2D eigenvalue weighted by atomic mass is 16.7. The van der Waals surface area contributed by atoms with Crippen LogP contribution in [0.5, 0.6) is 0 Å². The molecule has 2 aliphatic carbocycles. The maximum Gasteiger partial charge on any atom is 0.340 e. The summed E-state index contributed by atoms with van der Waals surface area (Å²) in [5.74, 6) is -12.5. The van der Waals surface area contributed by atoms with Gasteiger partial charge in [-0.1, -0.05) is 41.5 Å². The first-order valence-electron chi connectivity index (χ1n) is 21.3. The second kappa shape index (κ2) is 17.6. The van der Waals surface area contributed by atoms with E-state index in [0.717, 1.165) is 43.7 Å². The van der Waals surface area contributed by atoms with Crippen molar-refractivity contribution >= 4 is 41.8 Å². The van der Waals surface area contributed by atoms with Crippen LogP contribution in [0.4, 0.5) is 0 Å². The minimum Gasteiger partial charge on any atom is -0.464 e. The molecule has 2 aromatic heterocycles. The van der Waals surface area contributed by atoms with Gasteiger partial charge in [-0.05, 0) is 37.5 Å². The number of carbonyl (C=O) groups excluding carboxylic acids is 7. The van der Waals surface area contributed by atoms with Crippen LogP contribution in [0.2, 0.25) is 0 Å². The van der Waals surface area contributed by atoms with Crippen molar-refractivity contribution in [1.29, 1.82) is 0 Å². The van der Waals surface area contributed by atoms with E-state index in [-0.39, 0.29) is 11.1 Å². The molecule has 4 aliphatic rings. The monoisotopic (exact) mass is 912 g/mol. The van der Waals surface area contributed by atoms with Crippen molar-refractivity contribution < 1.29 is 81.7 Å². The molecule has 3 fully saturated rings. The Kier molecular flexibility index (Phi) is 13.2. The molecule has 0 radical (unpaired) electrons. The van der Waals surface area contributed by atoms with Gasteiger partial charge in [-0.15, -0.1) is 0 Å². The number of aliphatic hydroxyl groups is 2. The number of rotatable bonds is 9. The summed E-state index contributed by atoms with van der Waals surface area (Å²) in [5, 5.41) is 26.8. The second-order valence-corrected chi connectivity index (χ2v) is 18.4. The van der Waals surface area contributed by atoms with Crippen molar-refractivity contribution in [3.8, 4) is 0 Å². The van der Waals surface area contributed by atoms with Gasteiger partial charge in [-0.2, -0.15) is 0 Å². The van der Waals surface area contributed by atoms with Crippen molar-refractivity contribution in [3.05, 3.63) is 63.8 Å². The van der Waals surface area contributed by atoms with Gasteiger partial charge in [0.1, 0.15) is 41.5 Å². The molecule has 65 heavy (non-hydrogen) atoms. The fraction of sp³-hybridized carbons (Fsp3) is 0.622.